The fraction of sp³-hybridized carbons (Fsp3) is 0.357. The van der Waals surface area contributed by atoms with Crippen LogP contribution in [-0.4, -0.2) is 25.2 Å². The quantitative estimate of drug-likeness (QED) is 0.430. The molecule has 0 spiro atoms. The number of carbonyl (C=O) groups excluding carboxylic acids is 1. The molecule has 0 bridgehead atoms. The van der Waals surface area contributed by atoms with Crippen LogP contribution in [0.2, 0.25) is 0 Å². The molecule has 2 N–H and O–H groups in total. The number of halogens is 3. The van der Waals surface area contributed by atoms with Crippen molar-refractivity contribution in [2.24, 2.45) is 0 Å². The number of alkyl halides is 3. The van der Waals surface area contributed by atoms with Crippen LogP contribution in [0.5, 0.6) is 0 Å². The van der Waals surface area contributed by atoms with Gasteiger partial charge in [-0.15, -0.1) is 0 Å². The van der Waals surface area contributed by atoms with E-state index in [1.807, 2.05) is 32.1 Å². The Morgan fingerprint density at radius 3 is 2.30 bits per heavy atom. The van der Waals surface area contributed by atoms with E-state index in [9.17, 15) is 18.0 Å². The number of hydrogen-bond acceptors (Lipinski definition) is 2. The van der Waals surface area contributed by atoms with E-state index in [-0.39, 0.29) is 12.6 Å². The molecule has 0 aromatic rings. The highest BCUT2D eigenvalue weighted by Crippen LogP contribution is 2.15. The van der Waals surface area contributed by atoms with E-state index in [2.05, 4.69) is 17.2 Å². The molecule has 0 saturated carbocycles. The zero-order chi connectivity index (χ0) is 15.6. The largest absolute Gasteiger partial charge is 0.409 e. The molecule has 6 heteroatoms. The number of amides is 1. The summed E-state index contributed by atoms with van der Waals surface area (Å²) < 4.78 is 35.4. The minimum atomic E-state index is -4.47. The third-order valence-electron chi connectivity index (χ3n) is 1.93. The maximum Gasteiger partial charge on any atom is 0.409 e. The molecular formula is C14H19F3N2O. The van der Waals surface area contributed by atoms with Crippen LogP contribution in [0.15, 0.2) is 48.2 Å². The van der Waals surface area contributed by atoms with Crippen LogP contribution in [0.1, 0.15) is 13.8 Å². The van der Waals surface area contributed by atoms with E-state index < -0.39 is 12.1 Å². The average Bonchev–Trinajstić information content (AvgIpc) is 2.30. The summed E-state index contributed by atoms with van der Waals surface area (Å²) in [5.41, 5.74) is 1.68. The Kier molecular flexibility index (Phi) is 8.12. The lowest BCUT2D eigenvalue weighted by atomic mass is 10.2. The van der Waals surface area contributed by atoms with Crippen molar-refractivity contribution in [1.82, 2.24) is 10.6 Å². The van der Waals surface area contributed by atoms with Gasteiger partial charge in [0, 0.05) is 30.9 Å². The fourth-order valence-corrected chi connectivity index (χ4v) is 1.22. The molecule has 0 unspecified atom stereocenters. The van der Waals surface area contributed by atoms with Crippen LogP contribution in [0, 0.1) is 0 Å². The Morgan fingerprint density at radius 2 is 1.80 bits per heavy atom. The van der Waals surface area contributed by atoms with E-state index in [1.165, 1.54) is 0 Å². The van der Waals surface area contributed by atoms with Gasteiger partial charge in [-0.05, 0) is 26.0 Å². The molecule has 0 heterocycles. The predicted octanol–water partition coefficient (Wildman–Crippen LogP) is 2.85. The average molecular weight is 288 g/mol. The second kappa shape index (κ2) is 9.01. The smallest absolute Gasteiger partial charge is 0.383 e. The summed E-state index contributed by atoms with van der Waals surface area (Å²) >= 11 is 0. The zero-order valence-corrected chi connectivity index (χ0v) is 11.6. The normalized spacial score (nSPS) is 12.9. The van der Waals surface area contributed by atoms with Gasteiger partial charge in [-0.3, -0.25) is 4.79 Å². The van der Waals surface area contributed by atoms with Crippen LogP contribution in [0.4, 0.5) is 13.2 Å². The summed E-state index contributed by atoms with van der Waals surface area (Å²) in [6.07, 6.45) is 1.40. The number of carbonyl (C=O) groups is 1. The molecule has 0 aliphatic carbocycles. The van der Waals surface area contributed by atoms with Crippen LogP contribution in [0.3, 0.4) is 0 Å². The van der Waals surface area contributed by atoms with Gasteiger partial charge in [0.25, 0.3) is 0 Å². The van der Waals surface area contributed by atoms with Crippen LogP contribution in [-0.2, 0) is 4.79 Å². The van der Waals surface area contributed by atoms with Gasteiger partial charge in [0.2, 0.25) is 5.91 Å². The fourth-order valence-electron chi connectivity index (χ4n) is 1.22. The van der Waals surface area contributed by atoms with Crippen LogP contribution < -0.4 is 10.6 Å². The SMILES string of the molecule is C=C(C)/C=C(\C=C/C)NCCNC(=O)/C=C/C(F)(F)F. The Morgan fingerprint density at radius 1 is 1.20 bits per heavy atom. The summed E-state index contributed by atoms with van der Waals surface area (Å²) in [7, 11) is 0. The van der Waals surface area contributed by atoms with Gasteiger partial charge in [-0.2, -0.15) is 13.2 Å². The van der Waals surface area contributed by atoms with Crippen molar-refractivity contribution < 1.29 is 18.0 Å². The lowest BCUT2D eigenvalue weighted by Gasteiger charge is -2.08. The number of rotatable bonds is 7. The molecule has 0 aromatic carbocycles. The Labute approximate surface area is 116 Å². The van der Waals surface area contributed by atoms with Crippen molar-refractivity contribution in [2.75, 3.05) is 13.1 Å². The van der Waals surface area contributed by atoms with Crippen LogP contribution >= 0.6 is 0 Å². The second-order valence-corrected chi connectivity index (χ2v) is 4.04. The highest BCUT2D eigenvalue weighted by atomic mass is 19.4. The molecule has 3 nitrogen and oxygen atoms in total. The van der Waals surface area contributed by atoms with Gasteiger partial charge in [-0.25, -0.2) is 0 Å². The third kappa shape index (κ3) is 11.1. The minimum Gasteiger partial charge on any atom is -0.383 e. The summed E-state index contributed by atoms with van der Waals surface area (Å²) in [5, 5.41) is 5.38. The molecule has 0 saturated heterocycles. The number of allylic oxidation sites excluding steroid dienone is 5. The second-order valence-electron chi connectivity index (χ2n) is 4.04. The number of hydrogen-bond donors (Lipinski definition) is 2. The van der Waals surface area contributed by atoms with E-state index >= 15 is 0 Å². The van der Waals surface area contributed by atoms with Gasteiger partial charge >= 0.3 is 6.18 Å². The molecule has 112 valence electrons. The van der Waals surface area contributed by atoms with E-state index in [4.69, 9.17) is 0 Å². The maximum atomic E-state index is 11.8. The van der Waals surface area contributed by atoms with Crippen molar-refractivity contribution in [3.05, 3.63) is 48.2 Å². The lowest BCUT2D eigenvalue weighted by molar-refractivity contribution is -0.117. The molecular weight excluding hydrogens is 269 g/mol. The standard InChI is InChI=1S/C14H19F3N2O/c1-4-5-12(10-11(2)3)18-8-9-19-13(20)6-7-14(15,16)17/h4-7,10,18H,2,8-9H2,1,3H3,(H,19,20)/b5-4-,7-6+,12-10+. The van der Waals surface area contributed by atoms with E-state index in [1.54, 1.807) is 0 Å². The van der Waals surface area contributed by atoms with E-state index in [0.717, 1.165) is 11.3 Å². The van der Waals surface area contributed by atoms with Crippen molar-refractivity contribution in [3.8, 4) is 0 Å². The topological polar surface area (TPSA) is 41.1 Å². The maximum absolute atomic E-state index is 11.8. The van der Waals surface area contributed by atoms with Crippen LogP contribution in [0.25, 0.3) is 0 Å². The molecule has 0 radical (unpaired) electrons. The lowest BCUT2D eigenvalue weighted by Crippen LogP contribution is -2.30. The molecule has 0 rings (SSSR count). The Bertz CT molecular complexity index is 421. The Balaban J connectivity index is 4.10. The summed E-state index contributed by atoms with van der Waals surface area (Å²) in [4.78, 5) is 11.1. The minimum absolute atomic E-state index is 0.0953. The third-order valence-corrected chi connectivity index (χ3v) is 1.93. The van der Waals surface area contributed by atoms with Crippen molar-refractivity contribution in [1.29, 1.82) is 0 Å². The first kappa shape index (κ1) is 18.0. The summed E-state index contributed by atoms with van der Waals surface area (Å²) in [6.45, 7) is 8.06. The first-order chi connectivity index (χ1) is 9.24. The van der Waals surface area contributed by atoms with Gasteiger partial charge in [0.15, 0.2) is 0 Å². The first-order valence-corrected chi connectivity index (χ1v) is 6.02. The highest BCUT2D eigenvalue weighted by molar-refractivity contribution is 5.87. The summed E-state index contributed by atoms with van der Waals surface area (Å²) in [6, 6.07) is 0. The zero-order valence-electron chi connectivity index (χ0n) is 11.6. The Hall–Kier alpha value is -1.98. The molecule has 0 fully saturated rings. The van der Waals surface area contributed by atoms with Gasteiger partial charge in [0.1, 0.15) is 0 Å². The first-order valence-electron chi connectivity index (χ1n) is 6.02. The molecule has 0 aliphatic heterocycles. The summed E-state index contributed by atoms with van der Waals surface area (Å²) in [5.74, 6) is -0.777. The molecule has 20 heavy (non-hydrogen) atoms. The van der Waals surface area contributed by atoms with Gasteiger partial charge in [0.05, 0.1) is 0 Å². The monoisotopic (exact) mass is 288 g/mol. The predicted molar refractivity (Wildman–Crippen MR) is 73.9 cm³/mol. The number of nitrogens with one attached hydrogen (secondary N) is 2. The van der Waals surface area contributed by atoms with Gasteiger partial charge < -0.3 is 10.6 Å². The molecule has 0 atom stereocenters. The van der Waals surface area contributed by atoms with E-state index in [0.29, 0.717) is 12.6 Å². The van der Waals surface area contributed by atoms with Crippen molar-refractivity contribution >= 4 is 5.91 Å². The molecule has 0 aromatic heterocycles. The van der Waals surface area contributed by atoms with Crippen molar-refractivity contribution in [3.63, 3.8) is 0 Å². The van der Waals surface area contributed by atoms with Crippen molar-refractivity contribution in [2.45, 2.75) is 20.0 Å². The molecule has 1 amide bonds. The molecule has 0 aliphatic rings. The highest BCUT2D eigenvalue weighted by Gasteiger charge is 2.22. The van der Waals surface area contributed by atoms with Gasteiger partial charge in [-0.1, -0.05) is 18.2 Å².